The van der Waals surface area contributed by atoms with Gasteiger partial charge in [-0.2, -0.15) is 0 Å². The third kappa shape index (κ3) is 3.49. The molecule has 3 aromatic rings. The van der Waals surface area contributed by atoms with Gasteiger partial charge in [-0.3, -0.25) is 0 Å². The van der Waals surface area contributed by atoms with Crippen LogP contribution in [0.1, 0.15) is 18.1 Å². The normalized spacial score (nSPS) is 10.8. The van der Waals surface area contributed by atoms with Crippen molar-refractivity contribution < 1.29 is 9.53 Å². The van der Waals surface area contributed by atoms with Gasteiger partial charge in [0, 0.05) is 6.54 Å². The quantitative estimate of drug-likeness (QED) is 0.500. The zero-order valence-corrected chi connectivity index (χ0v) is 16.1. The minimum absolute atomic E-state index is 0.191. The molecule has 0 spiro atoms. The fourth-order valence-corrected chi connectivity index (χ4v) is 3.26. The Morgan fingerprint density at radius 2 is 2.04 bits per heavy atom. The molecule has 138 valence electrons. The largest absolute Gasteiger partial charge is 0.495 e. The monoisotopic (exact) mass is 362 g/mol. The van der Waals surface area contributed by atoms with Crippen LogP contribution in [0.4, 0.5) is 17.3 Å². The summed E-state index contributed by atoms with van der Waals surface area (Å²) in [5.41, 5.74) is 6.07. The summed E-state index contributed by atoms with van der Waals surface area (Å²) in [6, 6.07) is 7.67. The molecule has 3 rings (SSSR count). The summed E-state index contributed by atoms with van der Waals surface area (Å²) in [7, 11) is 7.52. The average molecular weight is 362 g/mol. The lowest BCUT2D eigenvalue weighted by molar-refractivity contribution is -0.108. The lowest BCUT2D eigenvalue weighted by Crippen LogP contribution is -2.10. The van der Waals surface area contributed by atoms with Crippen molar-refractivity contribution in [2.24, 2.45) is 0 Å². The second-order valence-corrected chi connectivity index (χ2v) is 6.41. The van der Waals surface area contributed by atoms with E-state index in [2.05, 4.69) is 10.6 Å². The number of benzene rings is 2. The van der Waals surface area contributed by atoms with Gasteiger partial charge in [-0.15, -0.1) is 0 Å². The van der Waals surface area contributed by atoms with Crippen LogP contribution in [0, 0.1) is 13.8 Å². The number of anilines is 3. The summed E-state index contributed by atoms with van der Waals surface area (Å²) in [5, 5.41) is 6.69. The predicted octanol–water partition coefficient (Wildman–Crippen LogP) is 2.83. The number of fused-ring (bicyclic) bond motifs is 1. The van der Waals surface area contributed by atoms with E-state index >= 15 is 0 Å². The van der Waals surface area contributed by atoms with Crippen LogP contribution in [0.5, 0.6) is 5.75 Å². The minimum atomic E-state index is 0.191. The summed E-state index contributed by atoms with van der Waals surface area (Å²) < 4.78 is 7.36. The van der Waals surface area contributed by atoms with Crippen LogP contribution in [0.15, 0.2) is 24.3 Å². The Kier molecular flexibility index (Phi) is 5.39. The minimum Gasteiger partial charge on any atom is -0.495 e. The molecule has 1 aromatic heterocycles. The number of imidazole rings is 1. The number of rotatable bonds is 7. The van der Waals surface area contributed by atoms with Crippen LogP contribution >= 0.6 is 0 Å². The Hall–Kier alpha value is -2.96. The number of aryl methyl sites for hydroxylation is 2. The molecule has 0 bridgehead atoms. The summed E-state index contributed by atoms with van der Waals surface area (Å²) in [4.78, 5) is 16.1. The number of carbonyl (C=O) groups is 1. The van der Waals surface area contributed by atoms with Crippen molar-refractivity contribution in [3.8, 4) is 5.75 Å². The highest BCUT2D eigenvalue weighted by Gasteiger charge is 2.18. The molecule has 0 atom stereocenters. The molecule has 0 aliphatic heterocycles. The molecule has 27 heavy (non-hydrogen) atoms. The summed E-state index contributed by atoms with van der Waals surface area (Å²) in [6.45, 7) is 6.96. The molecule has 6 nitrogen and oxygen atoms in total. The van der Waals surface area contributed by atoms with Crippen molar-refractivity contribution in [2.45, 2.75) is 27.3 Å². The fourth-order valence-electron chi connectivity index (χ4n) is 3.26. The van der Waals surface area contributed by atoms with E-state index in [1.165, 1.54) is 0 Å². The number of methoxy groups -OCH3 is 1. The van der Waals surface area contributed by atoms with Crippen LogP contribution in [-0.2, 0) is 11.3 Å². The molecule has 2 N–H and O–H groups in total. The molecule has 1 heterocycles. The number of aldehydes is 1. The first-order valence-electron chi connectivity index (χ1n) is 8.88. The molecule has 7 heteroatoms. The maximum atomic E-state index is 11.4. The summed E-state index contributed by atoms with van der Waals surface area (Å²) >= 11 is 0. The van der Waals surface area contributed by atoms with Crippen molar-refractivity contribution in [3.63, 3.8) is 0 Å². The van der Waals surface area contributed by atoms with Crippen molar-refractivity contribution in [2.75, 3.05) is 24.3 Å². The number of hydrogen-bond acceptors (Lipinski definition) is 5. The van der Waals surface area contributed by atoms with E-state index in [9.17, 15) is 4.79 Å². The number of hydrogen-bond donors (Lipinski definition) is 2. The maximum absolute atomic E-state index is 11.4. The first-order valence-corrected chi connectivity index (χ1v) is 8.88. The molecule has 0 saturated carbocycles. The van der Waals surface area contributed by atoms with Crippen molar-refractivity contribution in [3.05, 3.63) is 35.4 Å². The molecule has 0 aliphatic rings. The lowest BCUT2D eigenvalue weighted by atomic mass is 9.93. The van der Waals surface area contributed by atoms with Crippen molar-refractivity contribution in [1.29, 1.82) is 0 Å². The SMILES string of the molecule is [B]c1cc(C)c(Nc2nc3c(C)ccc(NCC)c3n2CC=O)c(OC)c1. The second kappa shape index (κ2) is 7.74. The van der Waals surface area contributed by atoms with E-state index in [0.29, 0.717) is 17.2 Å². The highest BCUT2D eigenvalue weighted by atomic mass is 16.5. The van der Waals surface area contributed by atoms with Crippen molar-refractivity contribution in [1.82, 2.24) is 9.55 Å². The Morgan fingerprint density at radius 3 is 2.70 bits per heavy atom. The van der Waals surface area contributed by atoms with Crippen molar-refractivity contribution >= 4 is 48.0 Å². The Labute approximate surface area is 160 Å². The summed E-state index contributed by atoms with van der Waals surface area (Å²) in [5.74, 6) is 1.21. The number of aromatic nitrogens is 2. The zero-order valence-electron chi connectivity index (χ0n) is 16.1. The molecule has 0 unspecified atom stereocenters. The molecule has 0 saturated heterocycles. The number of ether oxygens (including phenoxy) is 1. The topological polar surface area (TPSA) is 68.2 Å². The van der Waals surface area contributed by atoms with Crippen LogP contribution < -0.4 is 20.8 Å². The van der Waals surface area contributed by atoms with Gasteiger partial charge in [0.1, 0.15) is 19.9 Å². The van der Waals surface area contributed by atoms with Gasteiger partial charge in [-0.05, 0) is 44.0 Å². The smallest absolute Gasteiger partial charge is 0.209 e. The maximum Gasteiger partial charge on any atom is 0.209 e. The Morgan fingerprint density at radius 1 is 1.26 bits per heavy atom. The van der Waals surface area contributed by atoms with Gasteiger partial charge in [0.25, 0.3) is 0 Å². The van der Waals surface area contributed by atoms with Crippen LogP contribution in [0.3, 0.4) is 0 Å². The fraction of sp³-hybridized carbons (Fsp3) is 0.300. The molecule has 0 fully saturated rings. The second-order valence-electron chi connectivity index (χ2n) is 6.41. The predicted molar refractivity (Wildman–Crippen MR) is 111 cm³/mol. The lowest BCUT2D eigenvalue weighted by Gasteiger charge is -2.16. The highest BCUT2D eigenvalue weighted by Crippen LogP contribution is 2.34. The van der Waals surface area contributed by atoms with Crippen LogP contribution in [-0.4, -0.2) is 37.3 Å². The number of nitrogens with one attached hydrogen (secondary N) is 2. The first kappa shape index (κ1) is 18.8. The molecular weight excluding hydrogens is 339 g/mol. The van der Waals surface area contributed by atoms with E-state index < -0.39 is 0 Å². The molecule has 2 aromatic carbocycles. The number of nitrogens with zero attached hydrogens (tertiary/aromatic N) is 2. The van der Waals surface area contributed by atoms with Gasteiger partial charge in [0.2, 0.25) is 5.95 Å². The van der Waals surface area contributed by atoms with Crippen LogP contribution in [0.2, 0.25) is 0 Å². The zero-order chi connectivity index (χ0) is 19.6. The first-order chi connectivity index (χ1) is 13.0. The Bertz CT molecular complexity index is 998. The summed E-state index contributed by atoms with van der Waals surface area (Å²) in [6.07, 6.45) is 0.872. The average Bonchev–Trinajstić information content (AvgIpc) is 2.99. The Balaban J connectivity index is 2.21. The van der Waals surface area contributed by atoms with E-state index in [4.69, 9.17) is 17.6 Å². The van der Waals surface area contributed by atoms with Gasteiger partial charge in [-0.25, -0.2) is 4.98 Å². The molecule has 0 amide bonds. The van der Waals surface area contributed by atoms with E-state index in [0.717, 1.165) is 46.4 Å². The third-order valence-corrected chi connectivity index (χ3v) is 4.50. The number of carbonyl (C=O) groups excluding carboxylic acids is 1. The van der Waals surface area contributed by atoms with Gasteiger partial charge < -0.3 is 24.7 Å². The highest BCUT2D eigenvalue weighted by molar-refractivity contribution is 6.32. The van der Waals surface area contributed by atoms with Gasteiger partial charge in [0.15, 0.2) is 0 Å². The van der Waals surface area contributed by atoms with E-state index in [1.54, 1.807) is 13.2 Å². The van der Waals surface area contributed by atoms with Gasteiger partial charge in [-0.1, -0.05) is 17.6 Å². The van der Waals surface area contributed by atoms with Gasteiger partial charge in [0.05, 0.1) is 36.1 Å². The third-order valence-electron chi connectivity index (χ3n) is 4.50. The van der Waals surface area contributed by atoms with Gasteiger partial charge >= 0.3 is 0 Å². The molecule has 2 radical (unpaired) electrons. The standard InChI is InChI=1S/C20H23BN4O2/c1-5-22-15-7-6-12(2)18-19(15)25(8-9-26)20(24-18)23-17-13(3)10-14(21)11-16(17)27-4/h6-7,9-11,22H,5,8H2,1-4H3,(H,23,24). The van der Waals surface area contributed by atoms with Crippen LogP contribution in [0.25, 0.3) is 11.0 Å². The molecular formula is C20H23BN4O2. The van der Waals surface area contributed by atoms with E-state index in [1.807, 2.05) is 43.5 Å². The molecule has 0 aliphatic carbocycles. The van der Waals surface area contributed by atoms with E-state index in [-0.39, 0.29) is 6.54 Å².